The van der Waals surface area contributed by atoms with Gasteiger partial charge in [0.25, 0.3) is 0 Å². The average molecular weight is 200 g/mol. The fourth-order valence-electron chi connectivity index (χ4n) is 0.740. The highest BCUT2D eigenvalue weighted by Gasteiger charge is 2.11. The highest BCUT2D eigenvalue weighted by molar-refractivity contribution is 5.79. The molecule has 0 aliphatic rings. The van der Waals surface area contributed by atoms with Gasteiger partial charge in [0, 0.05) is 7.05 Å². The molecule has 0 radical (unpaired) electrons. The summed E-state index contributed by atoms with van der Waals surface area (Å²) in [4.78, 5) is 12.4. The maximum atomic E-state index is 11.1. The number of rotatable bonds is 5. The normalized spacial score (nSPS) is 9.00. The predicted octanol–water partition coefficient (Wildman–Crippen LogP) is 1.25. The number of carbonyl (C=O) groups is 1. The van der Waals surface area contributed by atoms with E-state index < -0.39 is 6.09 Å². The average Bonchev–Trinajstić information content (AvgIpc) is 2.14. The second-order valence-corrected chi connectivity index (χ2v) is 2.58. The predicted molar refractivity (Wildman–Crippen MR) is 53.5 cm³/mol. The molecule has 0 spiro atoms. The summed E-state index contributed by atoms with van der Waals surface area (Å²) in [5.41, 5.74) is 0. The SMILES string of the molecule is C=CCOC(=O)N(C)CC(=N)OCC. The molecule has 5 heteroatoms. The van der Waals surface area contributed by atoms with E-state index in [0.717, 1.165) is 0 Å². The monoisotopic (exact) mass is 200 g/mol. The number of carbonyl (C=O) groups excluding carboxylic acids is 1. The Hall–Kier alpha value is -1.52. The van der Waals surface area contributed by atoms with Crippen molar-refractivity contribution < 1.29 is 14.3 Å². The molecule has 0 aromatic rings. The van der Waals surface area contributed by atoms with Crippen LogP contribution in [0, 0.1) is 5.41 Å². The zero-order chi connectivity index (χ0) is 11.0. The van der Waals surface area contributed by atoms with E-state index in [2.05, 4.69) is 6.58 Å². The number of hydrogen-bond donors (Lipinski definition) is 1. The number of likely N-dealkylation sites (N-methyl/N-ethyl adjacent to an activating group) is 1. The van der Waals surface area contributed by atoms with Gasteiger partial charge in [-0.25, -0.2) is 4.79 Å². The van der Waals surface area contributed by atoms with Gasteiger partial charge in [0.15, 0.2) is 0 Å². The Morgan fingerprint density at radius 1 is 1.57 bits per heavy atom. The van der Waals surface area contributed by atoms with E-state index in [1.807, 2.05) is 0 Å². The molecule has 0 fully saturated rings. The molecule has 1 amide bonds. The Morgan fingerprint density at radius 3 is 2.71 bits per heavy atom. The van der Waals surface area contributed by atoms with E-state index in [4.69, 9.17) is 14.9 Å². The van der Waals surface area contributed by atoms with E-state index in [-0.39, 0.29) is 19.0 Å². The maximum Gasteiger partial charge on any atom is 0.410 e. The molecule has 0 bridgehead atoms. The van der Waals surface area contributed by atoms with Crippen molar-refractivity contribution in [3.05, 3.63) is 12.7 Å². The van der Waals surface area contributed by atoms with Crippen molar-refractivity contribution in [2.75, 3.05) is 26.8 Å². The largest absolute Gasteiger partial charge is 0.480 e. The van der Waals surface area contributed by atoms with Gasteiger partial charge in [-0.1, -0.05) is 12.7 Å². The zero-order valence-electron chi connectivity index (χ0n) is 8.58. The van der Waals surface area contributed by atoms with Crippen LogP contribution in [0.1, 0.15) is 6.92 Å². The molecule has 0 aromatic heterocycles. The molecule has 14 heavy (non-hydrogen) atoms. The first kappa shape index (κ1) is 12.5. The summed E-state index contributed by atoms with van der Waals surface area (Å²) in [7, 11) is 1.54. The minimum Gasteiger partial charge on any atom is -0.480 e. The smallest absolute Gasteiger partial charge is 0.410 e. The molecule has 0 aliphatic heterocycles. The zero-order valence-corrected chi connectivity index (χ0v) is 8.58. The maximum absolute atomic E-state index is 11.1. The highest BCUT2D eigenvalue weighted by Crippen LogP contribution is 1.92. The molecule has 1 N–H and O–H groups in total. The lowest BCUT2D eigenvalue weighted by atomic mass is 10.5. The van der Waals surface area contributed by atoms with Crippen molar-refractivity contribution in [3.63, 3.8) is 0 Å². The fourth-order valence-corrected chi connectivity index (χ4v) is 0.740. The van der Waals surface area contributed by atoms with E-state index in [9.17, 15) is 4.79 Å². The van der Waals surface area contributed by atoms with Crippen LogP contribution in [0.25, 0.3) is 0 Å². The molecular weight excluding hydrogens is 184 g/mol. The summed E-state index contributed by atoms with van der Waals surface area (Å²) < 4.78 is 9.63. The van der Waals surface area contributed by atoms with Crippen molar-refractivity contribution in [1.29, 1.82) is 5.41 Å². The Kier molecular flexibility index (Phi) is 6.19. The molecule has 0 atom stereocenters. The van der Waals surface area contributed by atoms with Crippen molar-refractivity contribution in [3.8, 4) is 0 Å². The third kappa shape index (κ3) is 5.18. The van der Waals surface area contributed by atoms with Crippen LogP contribution in [0.15, 0.2) is 12.7 Å². The van der Waals surface area contributed by atoms with E-state index >= 15 is 0 Å². The van der Waals surface area contributed by atoms with Crippen LogP contribution in [-0.2, 0) is 9.47 Å². The lowest BCUT2D eigenvalue weighted by molar-refractivity contribution is 0.124. The fraction of sp³-hybridized carbons (Fsp3) is 0.556. The van der Waals surface area contributed by atoms with E-state index in [1.165, 1.54) is 11.0 Å². The Labute approximate surface area is 83.8 Å². The topological polar surface area (TPSA) is 62.6 Å². The first-order valence-corrected chi connectivity index (χ1v) is 4.30. The molecule has 5 nitrogen and oxygen atoms in total. The number of nitrogens with zero attached hydrogens (tertiary/aromatic N) is 1. The van der Waals surface area contributed by atoms with Crippen molar-refractivity contribution in [1.82, 2.24) is 4.90 Å². The molecule has 0 unspecified atom stereocenters. The van der Waals surface area contributed by atoms with Gasteiger partial charge in [-0.05, 0) is 6.92 Å². The van der Waals surface area contributed by atoms with Gasteiger partial charge in [-0.2, -0.15) is 0 Å². The molecule has 80 valence electrons. The van der Waals surface area contributed by atoms with Crippen molar-refractivity contribution >= 4 is 12.0 Å². The van der Waals surface area contributed by atoms with Crippen LogP contribution in [-0.4, -0.2) is 43.7 Å². The lowest BCUT2D eigenvalue weighted by Gasteiger charge is -2.16. The molecule has 0 rings (SSSR count). The first-order chi connectivity index (χ1) is 6.61. The van der Waals surface area contributed by atoms with Gasteiger partial charge in [0.1, 0.15) is 6.61 Å². The van der Waals surface area contributed by atoms with Gasteiger partial charge in [-0.3, -0.25) is 5.41 Å². The minimum atomic E-state index is -0.491. The molecule has 0 saturated heterocycles. The van der Waals surface area contributed by atoms with Crippen molar-refractivity contribution in [2.24, 2.45) is 0 Å². The molecule has 0 heterocycles. The van der Waals surface area contributed by atoms with Gasteiger partial charge in [-0.15, -0.1) is 0 Å². The summed E-state index contributed by atoms with van der Waals surface area (Å²) in [6.45, 7) is 5.91. The summed E-state index contributed by atoms with van der Waals surface area (Å²) in [6.07, 6.45) is 0.994. The number of hydrogen-bond acceptors (Lipinski definition) is 4. The second-order valence-electron chi connectivity index (χ2n) is 2.58. The summed E-state index contributed by atoms with van der Waals surface area (Å²) in [5.74, 6) is 0.0468. The number of ether oxygens (including phenoxy) is 2. The Morgan fingerprint density at radius 2 is 2.21 bits per heavy atom. The quantitative estimate of drug-likeness (QED) is 0.413. The molecular formula is C9H16N2O3. The summed E-state index contributed by atoms with van der Waals surface area (Å²) >= 11 is 0. The van der Waals surface area contributed by atoms with Crippen LogP contribution in [0.3, 0.4) is 0 Å². The van der Waals surface area contributed by atoms with Crippen molar-refractivity contribution in [2.45, 2.75) is 6.92 Å². The molecule has 0 saturated carbocycles. The van der Waals surface area contributed by atoms with Gasteiger partial charge >= 0.3 is 6.09 Å². The van der Waals surface area contributed by atoms with Gasteiger partial charge in [0.05, 0.1) is 13.2 Å². The van der Waals surface area contributed by atoms with E-state index in [0.29, 0.717) is 6.61 Å². The first-order valence-electron chi connectivity index (χ1n) is 4.30. The Balaban J connectivity index is 3.82. The van der Waals surface area contributed by atoms with E-state index in [1.54, 1.807) is 14.0 Å². The number of amides is 1. The van der Waals surface area contributed by atoms with Crippen LogP contribution < -0.4 is 0 Å². The van der Waals surface area contributed by atoms with Gasteiger partial charge in [0.2, 0.25) is 5.90 Å². The minimum absolute atomic E-state index is 0.0468. The summed E-state index contributed by atoms with van der Waals surface area (Å²) in [6, 6.07) is 0. The van der Waals surface area contributed by atoms with Crippen LogP contribution in [0.5, 0.6) is 0 Å². The van der Waals surface area contributed by atoms with Gasteiger partial charge < -0.3 is 14.4 Å². The third-order valence-electron chi connectivity index (χ3n) is 1.34. The summed E-state index contributed by atoms with van der Waals surface area (Å²) in [5, 5.41) is 7.30. The number of nitrogens with one attached hydrogen (secondary N) is 1. The second kappa shape index (κ2) is 6.94. The van der Waals surface area contributed by atoms with Crippen LogP contribution in [0.2, 0.25) is 0 Å². The standard InChI is InChI=1S/C9H16N2O3/c1-4-6-14-9(12)11(3)7-8(10)13-5-2/h4,10H,1,5-7H2,2-3H3. The Bertz CT molecular complexity index is 216. The molecule has 0 aliphatic carbocycles. The van der Waals surface area contributed by atoms with Crippen LogP contribution in [0.4, 0.5) is 4.79 Å². The third-order valence-corrected chi connectivity index (χ3v) is 1.34. The highest BCUT2D eigenvalue weighted by atomic mass is 16.6. The van der Waals surface area contributed by atoms with Crippen LogP contribution >= 0.6 is 0 Å². The lowest BCUT2D eigenvalue weighted by Crippen LogP contribution is -2.33. The molecule has 0 aromatic carbocycles.